The largest absolute Gasteiger partial charge is 0.477 e. The number of aromatic nitrogens is 10. The lowest BCUT2D eigenvalue weighted by molar-refractivity contribution is -0.142. The van der Waals surface area contributed by atoms with Crippen molar-refractivity contribution < 1.29 is 84.7 Å². The van der Waals surface area contributed by atoms with Gasteiger partial charge in [-0.3, -0.25) is 24.6 Å². The molecule has 0 radical (unpaired) electrons. The van der Waals surface area contributed by atoms with E-state index in [9.17, 15) is 39.2 Å². The SMILES string of the molecule is CCOC(=O)CC(=O)c1ccco1.CCOC(=O)c1sc2ncc(-c3ccco3)nc2c1N.Cc1ccc(NC(=O)c2cccc(C(C)(C)C#N)c2)cc1N.Cl.N#Cc1nc(-c2ccco2)cn(O)c1=N.N#Cc1nc(-c2ccco2)cnc1Br.N#Cc1nc(-c2ccco2)cnc1N.Nc1c(C(=O)O)sc2ncc(-c3ccco3)nc12.O=C(/C=N/O)c1ccco1. The summed E-state index contributed by atoms with van der Waals surface area (Å²) in [6.45, 7) is 9.57. The number of nitrogens with one attached hydrogen (secondary N) is 2. The second-order valence-electron chi connectivity index (χ2n) is 25.1. The molecule has 0 saturated heterocycles. The number of thiophene rings is 2. The first kappa shape index (κ1) is 95.4. The van der Waals surface area contributed by atoms with Crippen molar-refractivity contribution in [3.05, 3.63) is 267 Å². The van der Waals surface area contributed by atoms with Gasteiger partial charge < -0.3 is 84.2 Å². The van der Waals surface area contributed by atoms with E-state index in [4.69, 9.17) is 90.1 Å². The van der Waals surface area contributed by atoms with Crippen molar-refractivity contribution in [1.29, 1.82) is 26.5 Å². The minimum Gasteiger partial charge on any atom is -0.477 e. The van der Waals surface area contributed by atoms with Crippen LogP contribution < -0.4 is 33.7 Å². The van der Waals surface area contributed by atoms with Crippen molar-refractivity contribution in [1.82, 2.24) is 49.6 Å². The molecule has 0 spiro atoms. The third-order valence-electron chi connectivity index (χ3n) is 16.2. The number of carboxylic acids is 1. The van der Waals surface area contributed by atoms with E-state index in [-0.39, 0.29) is 87.6 Å². The lowest BCUT2D eigenvalue weighted by Gasteiger charge is -2.16. The molecule has 0 aliphatic carbocycles. The molecule has 2 aromatic carbocycles. The van der Waals surface area contributed by atoms with Crippen LogP contribution in [0.5, 0.6) is 0 Å². The average molecular weight is 1840 g/mol. The standard InChI is InChI=1S/C18H19N3O.C13H11N3O3S.C11H7N3O3S.C9H4BrN3O.C9H6N4O2.C9H6N4O.C9H10O4.C6H5NO3.ClH/c1-12-7-8-15(10-16(12)20)21-17(22)13-5-4-6-14(9-13)18(2,3)11-19;1-2-18-13(17)11-9(14)10-12(20-11)15-6-7(16-10)8-4-3-5-19-8;12-7-8-10(18-9(7)11(15)16)13-4-5(14-8)6-2-1-3-17-6;10-9-6(4-11)13-7(5-12-9)8-2-1-3-14-8;10-4-6-9(11)13(14)5-7(12-6)8-2-1-3-15-8;10-4-6-9(11)12-5-7(13-6)8-2-1-3-14-8;1-2-12-9(11)6-7(10)8-4-3-5-13-8;8-5(4-7-9)6-2-1-3-10-6;/h4-10H,20H2,1-3H3,(H,21,22);3-6H,2,14H2,1H3;1-4H,12H2,(H,15,16);1-3,5H;1-3,5,11,14H;1-3,5H,(H2,11,12);3-5H,2,6H2,1H3;1-4,9H;1H/b;;;;;;;7-4+;. The number of hydrogen-bond donors (Lipinski definition) is 9. The first-order valence-corrected chi connectivity index (χ1v) is 38.6. The minimum atomic E-state index is -1.07. The number of carboxylic acid groups (broad SMARTS) is 1. The Morgan fingerprint density at radius 3 is 1.53 bits per heavy atom. The molecule has 127 heavy (non-hydrogen) atoms. The number of hydrogen-bond acceptors (Lipinski definition) is 38. The molecule has 0 aliphatic heterocycles. The van der Waals surface area contributed by atoms with E-state index in [2.05, 4.69) is 82.1 Å². The molecule has 13 N–H and O–H groups in total. The minimum absolute atomic E-state index is 0. The number of aromatic carboxylic acids is 1. The monoisotopic (exact) mass is 1840 g/mol. The number of Topliss-reactive ketones (excluding diaryl/α,β-unsaturated/α-hetero) is 2. The number of aryl methyl sites for hydroxylation is 1. The van der Waals surface area contributed by atoms with Crippen molar-refractivity contribution in [2.45, 2.75) is 46.5 Å². The fraction of sp³-hybridized carbons (Fsp3) is 0.107. The Morgan fingerprint density at radius 2 is 1.06 bits per heavy atom. The number of nitrogens with zero attached hydrogens (tertiary/aromatic N) is 15. The highest BCUT2D eigenvalue weighted by Gasteiger charge is 2.24. The molecule has 0 unspecified atom stereocenters. The summed E-state index contributed by atoms with van der Waals surface area (Å²) in [7, 11) is 0. The molecule has 16 rings (SSSR count). The molecule has 16 aromatic rings. The molecule has 0 atom stereocenters. The normalized spacial score (nSPS) is 10.2. The lowest BCUT2D eigenvalue weighted by atomic mass is 9.85. The summed E-state index contributed by atoms with van der Waals surface area (Å²) in [6.07, 6.45) is 18.2. The number of amides is 1. The Hall–Kier alpha value is -17.1. The molecule has 0 saturated carbocycles. The zero-order chi connectivity index (χ0) is 91.0. The number of esters is 2. The van der Waals surface area contributed by atoms with Gasteiger partial charge in [-0.15, -0.1) is 35.1 Å². The number of carbonyl (C=O) groups excluding carboxylic acids is 5. The van der Waals surface area contributed by atoms with Gasteiger partial charge in [0, 0.05) is 16.9 Å². The van der Waals surface area contributed by atoms with Crippen molar-refractivity contribution in [3.63, 3.8) is 0 Å². The van der Waals surface area contributed by atoms with Crippen molar-refractivity contribution in [2.75, 3.05) is 41.5 Å². The smallest absolute Gasteiger partial charge is 0.350 e. The summed E-state index contributed by atoms with van der Waals surface area (Å²) in [5.41, 5.74) is 29.6. The number of nitriles is 4. The number of benzene rings is 2. The summed E-state index contributed by atoms with van der Waals surface area (Å²) in [5, 5.41) is 74.2. The number of ether oxygens (including phenoxy) is 2. The lowest BCUT2D eigenvalue weighted by Crippen LogP contribution is -2.22. The molecule has 43 heteroatoms. The average Bonchev–Trinajstić information content (AvgIpc) is 1.65. The summed E-state index contributed by atoms with van der Waals surface area (Å²) < 4.78 is 45.8. The van der Waals surface area contributed by atoms with Gasteiger partial charge in [-0.25, -0.2) is 54.4 Å². The van der Waals surface area contributed by atoms with Crippen molar-refractivity contribution >= 4 is 142 Å². The highest BCUT2D eigenvalue weighted by molar-refractivity contribution is 9.10. The number of rotatable bonds is 17. The molecular weight excluding hydrogens is 1770 g/mol. The van der Waals surface area contributed by atoms with Crippen LogP contribution in [0.15, 0.2) is 243 Å². The van der Waals surface area contributed by atoms with Crippen LogP contribution in [-0.2, 0) is 19.7 Å². The number of nitrogen functional groups attached to an aromatic ring is 4. The third-order valence-corrected chi connectivity index (χ3v) is 18.9. The van der Waals surface area contributed by atoms with Crippen LogP contribution in [0.25, 0.3) is 78.0 Å². The van der Waals surface area contributed by atoms with E-state index >= 15 is 0 Å². The molecule has 1 amide bonds. The van der Waals surface area contributed by atoms with Crippen LogP contribution in [0.2, 0.25) is 0 Å². The Labute approximate surface area is 740 Å². The van der Waals surface area contributed by atoms with Gasteiger partial charge in [0.05, 0.1) is 111 Å². The van der Waals surface area contributed by atoms with E-state index < -0.39 is 29.1 Å². The number of halogens is 2. The van der Waals surface area contributed by atoms with Gasteiger partial charge in [-0.2, -0.15) is 25.8 Å². The first-order chi connectivity index (χ1) is 60.6. The highest BCUT2D eigenvalue weighted by atomic mass is 79.9. The predicted molar refractivity (Wildman–Crippen MR) is 464 cm³/mol. The van der Waals surface area contributed by atoms with Crippen LogP contribution >= 0.6 is 51.0 Å². The van der Waals surface area contributed by atoms with Gasteiger partial charge in [0.1, 0.15) is 94.4 Å². The summed E-state index contributed by atoms with van der Waals surface area (Å²) >= 11 is 5.31. The van der Waals surface area contributed by atoms with Gasteiger partial charge in [-0.1, -0.05) is 23.4 Å². The van der Waals surface area contributed by atoms with E-state index in [1.165, 1.54) is 73.4 Å². The zero-order valence-corrected chi connectivity index (χ0v) is 70.9. The molecule has 14 aromatic heterocycles. The van der Waals surface area contributed by atoms with Crippen LogP contribution in [0, 0.1) is 57.7 Å². The molecule has 0 bridgehead atoms. The molecular formula is C84H69BrClN21O18S2. The Bertz CT molecular complexity index is 6620. The van der Waals surface area contributed by atoms with Gasteiger partial charge in [0.15, 0.2) is 68.7 Å². The molecule has 14 heterocycles. The second-order valence-corrected chi connectivity index (χ2v) is 27.9. The maximum absolute atomic E-state index is 12.3. The predicted octanol–water partition coefficient (Wildman–Crippen LogP) is 15.6. The van der Waals surface area contributed by atoms with Gasteiger partial charge in [0.2, 0.25) is 11.6 Å². The molecule has 0 aliphatic rings. The Morgan fingerprint density at radius 1 is 0.591 bits per heavy atom. The number of anilines is 5. The maximum atomic E-state index is 12.3. The Balaban J connectivity index is 0.000000181. The summed E-state index contributed by atoms with van der Waals surface area (Å²) in [4.78, 5) is 106. The van der Waals surface area contributed by atoms with Gasteiger partial charge >= 0.3 is 17.9 Å². The molecule has 39 nitrogen and oxygen atoms in total. The highest BCUT2D eigenvalue weighted by Crippen LogP contribution is 2.35. The summed E-state index contributed by atoms with van der Waals surface area (Å²) in [5.74, 6) is 0.151. The number of fused-ring (bicyclic) bond motifs is 2. The number of ketones is 2. The molecule has 644 valence electrons. The number of nitrogens with two attached hydrogens (primary N) is 4. The van der Waals surface area contributed by atoms with Crippen molar-refractivity contribution in [2.24, 2.45) is 5.16 Å². The van der Waals surface area contributed by atoms with E-state index in [1.807, 2.05) is 51.1 Å². The van der Waals surface area contributed by atoms with Crippen molar-refractivity contribution in [3.8, 4) is 81.5 Å². The topological polar surface area (TPSA) is 642 Å². The fourth-order valence-electron chi connectivity index (χ4n) is 9.93. The van der Waals surface area contributed by atoms with Gasteiger partial charge in [0.25, 0.3) is 5.91 Å². The number of oxime groups is 1. The van der Waals surface area contributed by atoms with Gasteiger partial charge in [-0.05, 0) is 171 Å². The Kier molecular flexibility index (Phi) is 34.6. The quantitative estimate of drug-likeness (QED) is 0.00597. The van der Waals surface area contributed by atoms with Crippen LogP contribution in [-0.4, -0.2) is 120 Å². The van der Waals surface area contributed by atoms with Crippen LogP contribution in [0.1, 0.15) is 113 Å². The third kappa shape index (κ3) is 26.0. The fourth-order valence-corrected chi connectivity index (χ4v) is 12.0. The number of carbonyl (C=O) groups is 6. The number of furan rings is 7. The zero-order valence-electron chi connectivity index (χ0n) is 66.8. The first-order valence-electron chi connectivity index (χ1n) is 36.2. The second kappa shape index (κ2) is 46.1. The van der Waals surface area contributed by atoms with Crippen LogP contribution in [0.3, 0.4) is 0 Å². The van der Waals surface area contributed by atoms with Crippen LogP contribution in [0.4, 0.5) is 28.6 Å². The van der Waals surface area contributed by atoms with E-state index in [0.29, 0.717) is 121 Å². The molecule has 0 fully saturated rings. The maximum Gasteiger partial charge on any atom is 0.350 e. The summed E-state index contributed by atoms with van der Waals surface area (Å²) in [6, 6.07) is 43.8. The van der Waals surface area contributed by atoms with E-state index in [1.54, 1.807) is 142 Å². The van der Waals surface area contributed by atoms with E-state index in [0.717, 1.165) is 28.7 Å².